The van der Waals surface area contributed by atoms with Gasteiger partial charge in [0.25, 0.3) is 0 Å². The van der Waals surface area contributed by atoms with Crippen molar-refractivity contribution in [1.29, 1.82) is 0 Å². The Bertz CT molecular complexity index is 385. The van der Waals surface area contributed by atoms with Crippen molar-refractivity contribution in [1.82, 2.24) is 5.32 Å². The molecule has 1 nitrogen and oxygen atoms in total. The highest BCUT2D eigenvalue weighted by Gasteiger charge is 2.24. The number of hydrogen-bond acceptors (Lipinski definition) is 2. The minimum atomic E-state index is 0.465. The largest absolute Gasteiger partial charge is 0.307 e. The maximum atomic E-state index is 3.79. The van der Waals surface area contributed by atoms with Gasteiger partial charge in [0, 0.05) is 17.3 Å². The van der Waals surface area contributed by atoms with E-state index in [4.69, 9.17) is 0 Å². The van der Waals surface area contributed by atoms with Gasteiger partial charge in [0.2, 0.25) is 0 Å². The molecule has 0 heterocycles. The van der Waals surface area contributed by atoms with Crippen LogP contribution in [0.4, 0.5) is 0 Å². The molecule has 1 aliphatic carbocycles. The second kappa shape index (κ2) is 6.81. The molecular formula is C17H27NS. The lowest BCUT2D eigenvalue weighted by Crippen LogP contribution is -2.29. The number of nitrogens with one attached hydrogen (secondary N) is 1. The minimum Gasteiger partial charge on any atom is -0.307 e. The van der Waals surface area contributed by atoms with Crippen LogP contribution < -0.4 is 5.32 Å². The normalized spacial score (nSPS) is 24.9. The van der Waals surface area contributed by atoms with Crippen LogP contribution >= 0.6 is 11.8 Å². The molecule has 19 heavy (non-hydrogen) atoms. The minimum absolute atomic E-state index is 0.465. The van der Waals surface area contributed by atoms with Gasteiger partial charge in [-0.05, 0) is 49.5 Å². The standard InChI is InChI=1S/C17H27NS/c1-12(2)14-5-7-15(8-6-14)13(3)18-16-9-10-17(11-16)19-4/h5-8,12-13,16-18H,9-11H2,1-4H3. The molecule has 1 aromatic carbocycles. The molecule has 3 unspecified atom stereocenters. The molecule has 106 valence electrons. The van der Waals surface area contributed by atoms with Gasteiger partial charge in [0.1, 0.15) is 0 Å². The first-order chi connectivity index (χ1) is 9.10. The molecule has 0 aliphatic heterocycles. The second-order valence-corrected chi connectivity index (χ2v) is 7.22. The first kappa shape index (κ1) is 14.9. The molecule has 1 saturated carbocycles. The lowest BCUT2D eigenvalue weighted by Gasteiger charge is -2.20. The van der Waals surface area contributed by atoms with Crippen LogP contribution in [0.2, 0.25) is 0 Å². The summed E-state index contributed by atoms with van der Waals surface area (Å²) in [5.41, 5.74) is 2.84. The van der Waals surface area contributed by atoms with Crippen molar-refractivity contribution in [2.45, 2.75) is 63.3 Å². The maximum absolute atomic E-state index is 3.79. The van der Waals surface area contributed by atoms with Crippen LogP contribution in [0.15, 0.2) is 24.3 Å². The SMILES string of the molecule is CSC1CCC(NC(C)c2ccc(C(C)C)cc2)C1. The van der Waals surface area contributed by atoms with E-state index < -0.39 is 0 Å². The van der Waals surface area contributed by atoms with Crippen molar-refractivity contribution in [3.05, 3.63) is 35.4 Å². The van der Waals surface area contributed by atoms with E-state index in [1.165, 1.54) is 30.4 Å². The van der Waals surface area contributed by atoms with Crippen molar-refractivity contribution < 1.29 is 0 Å². The molecule has 1 N–H and O–H groups in total. The summed E-state index contributed by atoms with van der Waals surface area (Å²) in [5, 5.41) is 4.66. The summed E-state index contributed by atoms with van der Waals surface area (Å²) in [7, 11) is 0. The number of rotatable bonds is 5. The second-order valence-electron chi connectivity index (χ2n) is 6.08. The summed E-state index contributed by atoms with van der Waals surface area (Å²) in [6.07, 6.45) is 6.27. The summed E-state index contributed by atoms with van der Waals surface area (Å²) < 4.78 is 0. The lowest BCUT2D eigenvalue weighted by atomic mass is 9.99. The van der Waals surface area contributed by atoms with Gasteiger partial charge >= 0.3 is 0 Å². The van der Waals surface area contributed by atoms with E-state index >= 15 is 0 Å². The Morgan fingerprint density at radius 1 is 1.05 bits per heavy atom. The van der Waals surface area contributed by atoms with Crippen molar-refractivity contribution in [3.8, 4) is 0 Å². The molecule has 3 atom stereocenters. The van der Waals surface area contributed by atoms with Crippen LogP contribution in [-0.2, 0) is 0 Å². The third-order valence-electron chi connectivity index (χ3n) is 4.31. The van der Waals surface area contributed by atoms with Gasteiger partial charge in [-0.25, -0.2) is 0 Å². The Hall–Kier alpha value is -0.470. The van der Waals surface area contributed by atoms with Gasteiger partial charge in [0.05, 0.1) is 0 Å². The number of benzene rings is 1. The van der Waals surface area contributed by atoms with Gasteiger partial charge in [-0.15, -0.1) is 0 Å². The summed E-state index contributed by atoms with van der Waals surface area (Å²) in [5.74, 6) is 0.620. The van der Waals surface area contributed by atoms with E-state index in [1.807, 2.05) is 11.8 Å². The van der Waals surface area contributed by atoms with Gasteiger partial charge in [-0.3, -0.25) is 0 Å². The molecule has 0 aromatic heterocycles. The predicted molar refractivity (Wildman–Crippen MR) is 87.0 cm³/mol. The molecule has 1 aliphatic rings. The zero-order valence-electron chi connectivity index (χ0n) is 12.6. The zero-order chi connectivity index (χ0) is 13.8. The third-order valence-corrected chi connectivity index (χ3v) is 5.40. The van der Waals surface area contributed by atoms with Crippen LogP contribution in [0.1, 0.15) is 63.1 Å². The Morgan fingerprint density at radius 3 is 2.21 bits per heavy atom. The maximum Gasteiger partial charge on any atom is 0.0294 e. The van der Waals surface area contributed by atoms with Crippen molar-refractivity contribution >= 4 is 11.8 Å². The van der Waals surface area contributed by atoms with E-state index in [0.717, 1.165) is 5.25 Å². The third kappa shape index (κ3) is 4.00. The van der Waals surface area contributed by atoms with Crippen molar-refractivity contribution in [2.75, 3.05) is 6.26 Å². The lowest BCUT2D eigenvalue weighted by molar-refractivity contribution is 0.462. The topological polar surface area (TPSA) is 12.0 Å². The van der Waals surface area contributed by atoms with Crippen LogP contribution in [0, 0.1) is 0 Å². The predicted octanol–water partition coefficient (Wildman–Crippen LogP) is 4.74. The zero-order valence-corrected chi connectivity index (χ0v) is 13.5. The summed E-state index contributed by atoms with van der Waals surface area (Å²) >= 11 is 2.02. The Kier molecular flexibility index (Phi) is 5.35. The molecule has 1 fully saturated rings. The van der Waals surface area contributed by atoms with Crippen molar-refractivity contribution in [3.63, 3.8) is 0 Å². The first-order valence-electron chi connectivity index (χ1n) is 7.49. The summed E-state index contributed by atoms with van der Waals surface area (Å²) in [6, 6.07) is 10.3. The van der Waals surface area contributed by atoms with Gasteiger partial charge < -0.3 is 5.32 Å². The average Bonchev–Trinajstić information content (AvgIpc) is 2.86. The van der Waals surface area contributed by atoms with Crippen molar-refractivity contribution in [2.24, 2.45) is 0 Å². The highest BCUT2D eigenvalue weighted by atomic mass is 32.2. The van der Waals surface area contributed by atoms with Gasteiger partial charge in [-0.1, -0.05) is 38.1 Å². The highest BCUT2D eigenvalue weighted by Crippen LogP contribution is 2.29. The van der Waals surface area contributed by atoms with E-state index in [-0.39, 0.29) is 0 Å². The Balaban J connectivity index is 1.91. The molecule has 1 aromatic rings. The number of thioether (sulfide) groups is 1. The summed E-state index contributed by atoms with van der Waals surface area (Å²) in [6.45, 7) is 6.78. The van der Waals surface area contributed by atoms with Crippen LogP contribution in [0.25, 0.3) is 0 Å². The van der Waals surface area contributed by atoms with E-state index in [2.05, 4.69) is 56.6 Å². The molecule has 2 rings (SSSR count). The smallest absolute Gasteiger partial charge is 0.0294 e. The monoisotopic (exact) mass is 277 g/mol. The quantitative estimate of drug-likeness (QED) is 0.834. The van der Waals surface area contributed by atoms with E-state index in [1.54, 1.807) is 0 Å². The van der Waals surface area contributed by atoms with Gasteiger partial charge in [-0.2, -0.15) is 11.8 Å². The fourth-order valence-corrected chi connectivity index (χ4v) is 3.72. The van der Waals surface area contributed by atoms with Gasteiger partial charge in [0.15, 0.2) is 0 Å². The van der Waals surface area contributed by atoms with Crippen LogP contribution in [0.3, 0.4) is 0 Å². The highest BCUT2D eigenvalue weighted by molar-refractivity contribution is 7.99. The first-order valence-corrected chi connectivity index (χ1v) is 8.77. The fraction of sp³-hybridized carbons (Fsp3) is 0.647. The van der Waals surface area contributed by atoms with E-state index in [9.17, 15) is 0 Å². The van der Waals surface area contributed by atoms with Crippen LogP contribution in [0.5, 0.6) is 0 Å². The molecular weight excluding hydrogens is 250 g/mol. The Morgan fingerprint density at radius 2 is 1.68 bits per heavy atom. The molecule has 2 heteroatoms. The molecule has 0 amide bonds. The fourth-order valence-electron chi connectivity index (χ4n) is 2.92. The van der Waals surface area contributed by atoms with Crippen LogP contribution in [-0.4, -0.2) is 17.5 Å². The molecule has 0 saturated heterocycles. The van der Waals surface area contributed by atoms with E-state index in [0.29, 0.717) is 18.0 Å². The summed E-state index contributed by atoms with van der Waals surface area (Å²) in [4.78, 5) is 0. The number of hydrogen-bond donors (Lipinski definition) is 1. The Labute approximate surface area is 122 Å². The average molecular weight is 277 g/mol. The molecule has 0 radical (unpaired) electrons. The molecule has 0 bridgehead atoms. The molecule has 0 spiro atoms.